The molecule has 1 fully saturated rings. The molecule has 0 radical (unpaired) electrons. The summed E-state index contributed by atoms with van der Waals surface area (Å²) in [5.41, 5.74) is 5.04. The Morgan fingerprint density at radius 2 is 1.83 bits per heavy atom. The zero-order chi connectivity index (χ0) is 19.8. The number of nitrogens with zero attached hydrogens (tertiary/aromatic N) is 3. The van der Waals surface area contributed by atoms with Gasteiger partial charge in [0.25, 0.3) is 0 Å². The number of piperidine rings is 1. The third-order valence-corrected chi connectivity index (χ3v) is 5.43. The average molecular weight is 507 g/mol. The quantitative estimate of drug-likeness (QED) is 0.352. The second-order valence-corrected chi connectivity index (χ2v) is 7.58. The van der Waals surface area contributed by atoms with E-state index in [2.05, 4.69) is 71.6 Å². The van der Waals surface area contributed by atoms with E-state index < -0.39 is 0 Å². The Hall–Kier alpha value is -1.67. The van der Waals surface area contributed by atoms with Crippen LogP contribution in [-0.2, 0) is 13.1 Å². The minimum atomic E-state index is 0. The number of likely N-dealkylation sites (tertiary alicyclic amines) is 1. The molecule has 158 valence electrons. The fourth-order valence-electron chi connectivity index (χ4n) is 3.62. The molecule has 1 saturated heterocycles. The first kappa shape index (κ1) is 23.6. The van der Waals surface area contributed by atoms with E-state index in [1.165, 1.54) is 16.7 Å². The number of aliphatic imine (C=N–C) groups is 1. The first-order valence-corrected chi connectivity index (χ1v) is 10.4. The van der Waals surface area contributed by atoms with E-state index in [1.807, 2.05) is 12.3 Å². The lowest BCUT2D eigenvalue weighted by atomic mass is 10.0. The summed E-state index contributed by atoms with van der Waals surface area (Å²) in [6, 6.07) is 13.2. The molecule has 1 aromatic carbocycles. The van der Waals surface area contributed by atoms with Gasteiger partial charge in [0.1, 0.15) is 0 Å². The molecular formula is C23H34IN5. The number of benzene rings is 1. The number of guanidine groups is 1. The van der Waals surface area contributed by atoms with Crippen LogP contribution in [0.1, 0.15) is 42.1 Å². The Bertz CT molecular complexity index is 784. The summed E-state index contributed by atoms with van der Waals surface area (Å²) in [5, 5.41) is 7.00. The SMILES string of the molecule is CCNC(=NCc1ncccc1C)NC1CCN(Cc2ccccc2C)CC1.I. The summed E-state index contributed by atoms with van der Waals surface area (Å²) in [6.45, 7) is 11.1. The van der Waals surface area contributed by atoms with Crippen LogP contribution in [0.25, 0.3) is 0 Å². The molecule has 1 aliphatic rings. The molecule has 5 nitrogen and oxygen atoms in total. The molecule has 2 N–H and O–H groups in total. The highest BCUT2D eigenvalue weighted by molar-refractivity contribution is 14.0. The van der Waals surface area contributed by atoms with Gasteiger partial charge in [-0.1, -0.05) is 30.3 Å². The molecule has 2 heterocycles. The summed E-state index contributed by atoms with van der Waals surface area (Å²) in [6.07, 6.45) is 4.11. The van der Waals surface area contributed by atoms with E-state index >= 15 is 0 Å². The highest BCUT2D eigenvalue weighted by atomic mass is 127. The molecule has 0 unspecified atom stereocenters. The van der Waals surface area contributed by atoms with E-state index in [-0.39, 0.29) is 24.0 Å². The molecule has 1 aromatic heterocycles. The summed E-state index contributed by atoms with van der Waals surface area (Å²) < 4.78 is 0. The molecule has 2 aromatic rings. The van der Waals surface area contributed by atoms with E-state index in [9.17, 15) is 0 Å². The average Bonchev–Trinajstić information content (AvgIpc) is 2.70. The Labute approximate surface area is 192 Å². The predicted octanol–water partition coefficient (Wildman–Crippen LogP) is 4.04. The van der Waals surface area contributed by atoms with Gasteiger partial charge in [-0.15, -0.1) is 24.0 Å². The van der Waals surface area contributed by atoms with E-state index in [0.29, 0.717) is 12.6 Å². The Morgan fingerprint density at radius 1 is 1.10 bits per heavy atom. The van der Waals surface area contributed by atoms with Crippen LogP contribution in [-0.4, -0.2) is 41.5 Å². The fraction of sp³-hybridized carbons (Fsp3) is 0.478. The van der Waals surface area contributed by atoms with Crippen molar-refractivity contribution in [3.8, 4) is 0 Å². The van der Waals surface area contributed by atoms with Gasteiger partial charge < -0.3 is 10.6 Å². The normalized spacial score (nSPS) is 15.6. The standard InChI is InChI=1S/C23H33N5.HI/c1-4-24-23(26-16-22-19(3)9-7-13-25-22)27-21-11-14-28(15-12-21)17-20-10-6-5-8-18(20)2;/h5-10,13,21H,4,11-12,14-17H2,1-3H3,(H2,24,26,27);1H. The molecule has 6 heteroatoms. The van der Waals surface area contributed by atoms with Crippen molar-refractivity contribution in [2.45, 2.75) is 52.7 Å². The van der Waals surface area contributed by atoms with Crippen molar-refractivity contribution in [3.63, 3.8) is 0 Å². The van der Waals surface area contributed by atoms with Crippen molar-refractivity contribution in [3.05, 3.63) is 65.0 Å². The number of rotatable bonds is 6. The lowest BCUT2D eigenvalue weighted by Gasteiger charge is -2.33. The van der Waals surface area contributed by atoms with Crippen LogP contribution in [0.4, 0.5) is 0 Å². The maximum Gasteiger partial charge on any atom is 0.191 e. The van der Waals surface area contributed by atoms with Crippen LogP contribution < -0.4 is 10.6 Å². The van der Waals surface area contributed by atoms with E-state index in [0.717, 1.165) is 50.7 Å². The number of aromatic nitrogens is 1. The second kappa shape index (κ2) is 12.1. The van der Waals surface area contributed by atoms with Gasteiger partial charge in [-0.25, -0.2) is 4.99 Å². The van der Waals surface area contributed by atoms with Crippen molar-refractivity contribution in [2.24, 2.45) is 4.99 Å². The zero-order valence-corrected chi connectivity index (χ0v) is 20.1. The maximum absolute atomic E-state index is 4.76. The van der Waals surface area contributed by atoms with Gasteiger partial charge in [-0.3, -0.25) is 9.88 Å². The molecule has 0 saturated carbocycles. The van der Waals surface area contributed by atoms with Gasteiger partial charge in [0.05, 0.1) is 12.2 Å². The minimum absolute atomic E-state index is 0. The number of aryl methyl sites for hydroxylation is 2. The molecule has 0 aliphatic carbocycles. The third kappa shape index (κ3) is 7.26. The van der Waals surface area contributed by atoms with Gasteiger partial charge in [0.2, 0.25) is 0 Å². The van der Waals surface area contributed by atoms with Gasteiger partial charge >= 0.3 is 0 Å². The summed E-state index contributed by atoms with van der Waals surface area (Å²) in [7, 11) is 0. The smallest absolute Gasteiger partial charge is 0.191 e. The van der Waals surface area contributed by atoms with Gasteiger partial charge in [0.15, 0.2) is 5.96 Å². The van der Waals surface area contributed by atoms with Crippen molar-refractivity contribution >= 4 is 29.9 Å². The minimum Gasteiger partial charge on any atom is -0.357 e. The van der Waals surface area contributed by atoms with Crippen LogP contribution in [0.15, 0.2) is 47.6 Å². The number of nitrogens with one attached hydrogen (secondary N) is 2. The van der Waals surface area contributed by atoms with Gasteiger partial charge in [-0.05, 0) is 56.4 Å². The molecule has 0 atom stereocenters. The van der Waals surface area contributed by atoms with E-state index in [4.69, 9.17) is 4.99 Å². The Kier molecular flexibility index (Phi) is 9.87. The largest absolute Gasteiger partial charge is 0.357 e. The molecule has 0 spiro atoms. The summed E-state index contributed by atoms with van der Waals surface area (Å²) in [5.74, 6) is 0.893. The Balaban J connectivity index is 0.00000300. The van der Waals surface area contributed by atoms with Crippen LogP contribution in [0, 0.1) is 13.8 Å². The zero-order valence-electron chi connectivity index (χ0n) is 17.8. The van der Waals surface area contributed by atoms with Gasteiger partial charge in [-0.2, -0.15) is 0 Å². The molecule has 0 amide bonds. The van der Waals surface area contributed by atoms with Crippen molar-refractivity contribution in [2.75, 3.05) is 19.6 Å². The topological polar surface area (TPSA) is 52.6 Å². The summed E-state index contributed by atoms with van der Waals surface area (Å²) in [4.78, 5) is 11.8. The molecular weight excluding hydrogens is 473 g/mol. The maximum atomic E-state index is 4.76. The third-order valence-electron chi connectivity index (χ3n) is 5.43. The first-order valence-electron chi connectivity index (χ1n) is 10.4. The van der Waals surface area contributed by atoms with Gasteiger partial charge in [0, 0.05) is 38.4 Å². The lowest BCUT2D eigenvalue weighted by Crippen LogP contribution is -2.48. The van der Waals surface area contributed by atoms with Crippen LogP contribution in [0.3, 0.4) is 0 Å². The molecule has 1 aliphatic heterocycles. The van der Waals surface area contributed by atoms with Crippen molar-refractivity contribution < 1.29 is 0 Å². The van der Waals surface area contributed by atoms with Crippen molar-refractivity contribution in [1.29, 1.82) is 0 Å². The van der Waals surface area contributed by atoms with Crippen LogP contribution in [0.2, 0.25) is 0 Å². The fourth-order valence-corrected chi connectivity index (χ4v) is 3.62. The van der Waals surface area contributed by atoms with Crippen LogP contribution in [0.5, 0.6) is 0 Å². The summed E-state index contributed by atoms with van der Waals surface area (Å²) >= 11 is 0. The van der Waals surface area contributed by atoms with Crippen molar-refractivity contribution in [1.82, 2.24) is 20.5 Å². The molecule has 29 heavy (non-hydrogen) atoms. The highest BCUT2D eigenvalue weighted by Gasteiger charge is 2.20. The predicted molar refractivity (Wildman–Crippen MR) is 132 cm³/mol. The number of halogens is 1. The number of hydrogen-bond donors (Lipinski definition) is 2. The Morgan fingerprint density at radius 3 is 2.52 bits per heavy atom. The molecule has 0 bridgehead atoms. The second-order valence-electron chi connectivity index (χ2n) is 7.58. The number of hydrogen-bond acceptors (Lipinski definition) is 3. The van der Waals surface area contributed by atoms with Crippen LogP contribution >= 0.6 is 24.0 Å². The van der Waals surface area contributed by atoms with E-state index in [1.54, 1.807) is 0 Å². The molecule has 3 rings (SSSR count). The first-order chi connectivity index (χ1) is 13.7. The number of pyridine rings is 1. The lowest BCUT2D eigenvalue weighted by molar-refractivity contribution is 0.198. The monoisotopic (exact) mass is 507 g/mol. The highest BCUT2D eigenvalue weighted by Crippen LogP contribution is 2.16.